The summed E-state index contributed by atoms with van der Waals surface area (Å²) in [6.45, 7) is 1.94. The summed E-state index contributed by atoms with van der Waals surface area (Å²) in [5, 5.41) is 12.7. The monoisotopic (exact) mass is 261 g/mol. The molecule has 0 atom stereocenters. The second kappa shape index (κ2) is 5.30. The molecule has 0 fully saturated rings. The molecule has 2 rings (SSSR count). The van der Waals surface area contributed by atoms with Gasteiger partial charge < -0.3 is 9.84 Å². The minimum atomic E-state index is -1.10. The molecule has 0 amide bonds. The second-order valence-electron chi connectivity index (χ2n) is 3.57. The quantitative estimate of drug-likeness (QED) is 0.829. The lowest BCUT2D eigenvalue weighted by atomic mass is 10.2. The summed E-state index contributed by atoms with van der Waals surface area (Å²) in [6.07, 6.45) is 3.96. The summed E-state index contributed by atoms with van der Waals surface area (Å²) in [6, 6.07) is 3.14. The summed E-state index contributed by atoms with van der Waals surface area (Å²) >= 11 is 0. The Hall–Kier alpha value is -2.70. The van der Waals surface area contributed by atoms with Gasteiger partial charge >= 0.3 is 11.9 Å². The molecule has 0 saturated heterocycles. The zero-order valence-corrected chi connectivity index (χ0v) is 10.1. The molecule has 2 aromatic heterocycles. The Morgan fingerprint density at radius 2 is 2.26 bits per heavy atom. The Kier molecular flexibility index (Phi) is 3.56. The minimum absolute atomic E-state index is 0.0143. The van der Waals surface area contributed by atoms with Gasteiger partial charge in [0.2, 0.25) is 0 Å². The molecule has 0 aliphatic heterocycles. The number of aromatic carboxylic acids is 1. The van der Waals surface area contributed by atoms with E-state index < -0.39 is 11.9 Å². The molecule has 7 heteroatoms. The van der Waals surface area contributed by atoms with Gasteiger partial charge in [0.1, 0.15) is 5.56 Å². The third-order valence-electron chi connectivity index (χ3n) is 2.33. The Morgan fingerprint density at radius 3 is 2.89 bits per heavy atom. The molecule has 0 spiro atoms. The number of carboxylic acid groups (broad SMARTS) is 1. The molecule has 0 saturated carbocycles. The van der Waals surface area contributed by atoms with Gasteiger partial charge in [0, 0.05) is 12.4 Å². The lowest BCUT2D eigenvalue weighted by molar-refractivity contribution is 0.0525. The standard InChI is InChI=1S/C12H11N3O4/c1-2-19-12(18)9-4-3-5-13-10(9)15-7-8(6-14-15)11(16)17/h3-7H,2H2,1H3,(H,16,17). The van der Waals surface area contributed by atoms with Crippen molar-refractivity contribution in [1.82, 2.24) is 14.8 Å². The van der Waals surface area contributed by atoms with Crippen LogP contribution in [0.3, 0.4) is 0 Å². The summed E-state index contributed by atoms with van der Waals surface area (Å²) in [5.74, 6) is -1.40. The fourth-order valence-corrected chi connectivity index (χ4v) is 1.50. The lowest BCUT2D eigenvalue weighted by Gasteiger charge is -2.06. The first-order valence-corrected chi connectivity index (χ1v) is 5.54. The van der Waals surface area contributed by atoms with E-state index in [2.05, 4.69) is 10.1 Å². The lowest BCUT2D eigenvalue weighted by Crippen LogP contribution is -2.11. The smallest absolute Gasteiger partial charge is 0.341 e. The third kappa shape index (κ3) is 2.59. The summed E-state index contributed by atoms with van der Waals surface area (Å²) in [5.41, 5.74) is 0.241. The molecule has 2 aromatic rings. The van der Waals surface area contributed by atoms with Crippen LogP contribution in [0.5, 0.6) is 0 Å². The van der Waals surface area contributed by atoms with Gasteiger partial charge in [-0.15, -0.1) is 0 Å². The molecular formula is C12H11N3O4. The topological polar surface area (TPSA) is 94.3 Å². The molecule has 0 unspecified atom stereocenters. The van der Waals surface area contributed by atoms with Crippen molar-refractivity contribution in [2.75, 3.05) is 6.61 Å². The Bertz CT molecular complexity index is 621. The highest BCUT2D eigenvalue weighted by molar-refractivity contribution is 5.93. The van der Waals surface area contributed by atoms with Crippen LogP contribution in [0.1, 0.15) is 27.6 Å². The number of hydrogen-bond donors (Lipinski definition) is 1. The first-order chi connectivity index (χ1) is 9.13. The van der Waals surface area contributed by atoms with Crippen molar-refractivity contribution in [2.24, 2.45) is 0 Å². The number of rotatable bonds is 4. The summed E-state index contributed by atoms with van der Waals surface area (Å²) in [4.78, 5) is 26.6. The van der Waals surface area contributed by atoms with Crippen LogP contribution in [-0.2, 0) is 4.74 Å². The molecule has 1 N–H and O–H groups in total. The van der Waals surface area contributed by atoms with Crippen molar-refractivity contribution in [3.05, 3.63) is 41.9 Å². The number of nitrogens with zero attached hydrogens (tertiary/aromatic N) is 3. The van der Waals surface area contributed by atoms with Crippen LogP contribution in [0.15, 0.2) is 30.7 Å². The maximum Gasteiger partial charge on any atom is 0.341 e. The Labute approximate surface area is 108 Å². The van der Waals surface area contributed by atoms with E-state index in [0.717, 1.165) is 0 Å². The Balaban J connectivity index is 2.43. The van der Waals surface area contributed by atoms with E-state index in [1.54, 1.807) is 19.1 Å². The van der Waals surface area contributed by atoms with Gasteiger partial charge in [-0.2, -0.15) is 5.10 Å². The molecule has 0 bridgehead atoms. The van der Waals surface area contributed by atoms with Crippen LogP contribution in [-0.4, -0.2) is 38.4 Å². The molecule has 98 valence electrons. The van der Waals surface area contributed by atoms with Gasteiger partial charge in [0.15, 0.2) is 5.82 Å². The van der Waals surface area contributed by atoms with Crippen molar-refractivity contribution < 1.29 is 19.4 Å². The van der Waals surface area contributed by atoms with Gasteiger partial charge in [0.25, 0.3) is 0 Å². The Morgan fingerprint density at radius 1 is 1.47 bits per heavy atom. The molecule has 2 heterocycles. The first-order valence-electron chi connectivity index (χ1n) is 5.54. The fourth-order valence-electron chi connectivity index (χ4n) is 1.50. The number of ether oxygens (including phenoxy) is 1. The largest absolute Gasteiger partial charge is 0.478 e. The summed E-state index contributed by atoms with van der Waals surface area (Å²) in [7, 11) is 0. The second-order valence-corrected chi connectivity index (χ2v) is 3.57. The van der Waals surface area contributed by atoms with Crippen molar-refractivity contribution >= 4 is 11.9 Å². The van der Waals surface area contributed by atoms with Crippen LogP contribution in [0, 0.1) is 0 Å². The molecule has 7 nitrogen and oxygen atoms in total. The number of pyridine rings is 1. The number of esters is 1. The van der Waals surface area contributed by atoms with E-state index in [4.69, 9.17) is 9.84 Å². The zero-order chi connectivity index (χ0) is 13.8. The van der Waals surface area contributed by atoms with E-state index in [1.165, 1.54) is 23.3 Å². The molecule has 0 radical (unpaired) electrons. The van der Waals surface area contributed by atoms with E-state index >= 15 is 0 Å². The van der Waals surface area contributed by atoms with Gasteiger partial charge in [-0.05, 0) is 19.1 Å². The number of hydrogen-bond acceptors (Lipinski definition) is 5. The van der Waals surface area contributed by atoms with Crippen molar-refractivity contribution in [1.29, 1.82) is 0 Å². The van der Waals surface area contributed by atoms with Gasteiger partial charge in [-0.3, -0.25) is 0 Å². The average molecular weight is 261 g/mol. The predicted octanol–water partition coefficient (Wildman–Crippen LogP) is 1.14. The van der Waals surface area contributed by atoms with Crippen LogP contribution in [0.2, 0.25) is 0 Å². The molecule has 19 heavy (non-hydrogen) atoms. The summed E-state index contributed by atoms with van der Waals surface area (Å²) < 4.78 is 6.14. The zero-order valence-electron chi connectivity index (χ0n) is 10.1. The highest BCUT2D eigenvalue weighted by Crippen LogP contribution is 2.13. The number of carbonyl (C=O) groups is 2. The third-order valence-corrected chi connectivity index (χ3v) is 2.33. The first kappa shape index (κ1) is 12.7. The number of carboxylic acids is 1. The van der Waals surface area contributed by atoms with E-state index in [-0.39, 0.29) is 23.6 Å². The SMILES string of the molecule is CCOC(=O)c1cccnc1-n1cc(C(=O)O)cn1. The van der Waals surface area contributed by atoms with Crippen LogP contribution >= 0.6 is 0 Å². The van der Waals surface area contributed by atoms with E-state index in [1.807, 2.05) is 0 Å². The number of carbonyl (C=O) groups excluding carboxylic acids is 1. The highest BCUT2D eigenvalue weighted by atomic mass is 16.5. The average Bonchev–Trinajstić information content (AvgIpc) is 2.88. The van der Waals surface area contributed by atoms with Gasteiger partial charge in [0.05, 0.1) is 18.4 Å². The minimum Gasteiger partial charge on any atom is -0.478 e. The normalized spacial score (nSPS) is 10.2. The van der Waals surface area contributed by atoms with Crippen molar-refractivity contribution in [3.8, 4) is 5.82 Å². The van der Waals surface area contributed by atoms with Crippen LogP contribution < -0.4 is 0 Å². The maximum absolute atomic E-state index is 11.8. The maximum atomic E-state index is 11.8. The van der Waals surface area contributed by atoms with Gasteiger partial charge in [-0.25, -0.2) is 19.3 Å². The predicted molar refractivity (Wildman–Crippen MR) is 64.3 cm³/mol. The fraction of sp³-hybridized carbons (Fsp3) is 0.167. The number of aromatic nitrogens is 3. The van der Waals surface area contributed by atoms with Crippen LogP contribution in [0.25, 0.3) is 5.82 Å². The molecule has 0 aliphatic rings. The van der Waals surface area contributed by atoms with Gasteiger partial charge in [-0.1, -0.05) is 0 Å². The molecular weight excluding hydrogens is 250 g/mol. The van der Waals surface area contributed by atoms with Crippen LogP contribution in [0.4, 0.5) is 0 Å². The van der Waals surface area contributed by atoms with Crippen molar-refractivity contribution in [3.63, 3.8) is 0 Å². The van der Waals surface area contributed by atoms with E-state index in [9.17, 15) is 9.59 Å². The highest BCUT2D eigenvalue weighted by Gasteiger charge is 2.16. The molecule has 0 aromatic carbocycles. The molecule has 0 aliphatic carbocycles. The van der Waals surface area contributed by atoms with E-state index in [0.29, 0.717) is 0 Å². The van der Waals surface area contributed by atoms with Crippen molar-refractivity contribution in [2.45, 2.75) is 6.92 Å².